The Morgan fingerprint density at radius 3 is 2.39 bits per heavy atom. The van der Waals surface area contributed by atoms with Crippen LogP contribution in [0.4, 0.5) is 5.69 Å². The molecule has 2 aromatic carbocycles. The van der Waals surface area contributed by atoms with Gasteiger partial charge in [0.05, 0.1) is 0 Å². The van der Waals surface area contributed by atoms with Crippen molar-refractivity contribution in [1.82, 2.24) is 0 Å². The van der Waals surface area contributed by atoms with E-state index in [0.29, 0.717) is 6.42 Å². The van der Waals surface area contributed by atoms with Crippen molar-refractivity contribution in [1.29, 1.82) is 0 Å². The third kappa shape index (κ3) is 5.43. The summed E-state index contributed by atoms with van der Waals surface area (Å²) >= 11 is 1.67. The molecule has 0 saturated heterocycles. The average molecular weight is 327 g/mol. The number of hydrogen-bond donors (Lipinski definition) is 1. The fourth-order valence-electron chi connectivity index (χ4n) is 2.35. The van der Waals surface area contributed by atoms with Crippen LogP contribution >= 0.6 is 11.8 Å². The summed E-state index contributed by atoms with van der Waals surface area (Å²) in [5.41, 5.74) is 3.55. The number of hydrogen-bond acceptors (Lipinski definition) is 2. The zero-order chi connectivity index (χ0) is 16.9. The molecule has 2 rings (SSSR count). The lowest BCUT2D eigenvalue weighted by atomic mass is 9.86. The fourth-order valence-corrected chi connectivity index (χ4v) is 2.81. The number of aryl methyl sites for hydroxylation is 1. The van der Waals surface area contributed by atoms with Crippen molar-refractivity contribution >= 4 is 23.4 Å². The van der Waals surface area contributed by atoms with E-state index < -0.39 is 0 Å². The van der Waals surface area contributed by atoms with Crippen LogP contribution in [0.3, 0.4) is 0 Å². The summed E-state index contributed by atoms with van der Waals surface area (Å²) in [7, 11) is 0. The molecule has 3 heteroatoms. The molecular formula is C20H25NOS. The van der Waals surface area contributed by atoms with Crippen molar-refractivity contribution in [2.24, 2.45) is 0 Å². The van der Waals surface area contributed by atoms with Crippen LogP contribution in [-0.4, -0.2) is 12.2 Å². The first kappa shape index (κ1) is 17.6. The molecule has 0 fully saturated rings. The second kappa shape index (κ2) is 7.69. The van der Waals surface area contributed by atoms with Crippen LogP contribution in [-0.2, 0) is 16.6 Å². The molecule has 0 unspecified atom stereocenters. The molecule has 0 radical (unpaired) electrons. The van der Waals surface area contributed by atoms with Gasteiger partial charge in [0.1, 0.15) is 0 Å². The standard InChI is InChI=1S/C20H25NOS/c1-20(2,3)16-11-8-15(9-12-16)10-13-19(22)21-17-6-5-7-18(14-17)23-4/h5-9,11-12,14H,10,13H2,1-4H3,(H,21,22). The maximum Gasteiger partial charge on any atom is 0.224 e. The smallest absolute Gasteiger partial charge is 0.224 e. The number of anilines is 1. The summed E-state index contributed by atoms with van der Waals surface area (Å²) in [4.78, 5) is 13.2. The average Bonchev–Trinajstić information content (AvgIpc) is 2.52. The first-order valence-electron chi connectivity index (χ1n) is 7.92. The van der Waals surface area contributed by atoms with Gasteiger partial charge in [-0.05, 0) is 47.4 Å². The molecular weight excluding hydrogens is 302 g/mol. The fraction of sp³-hybridized carbons (Fsp3) is 0.350. The van der Waals surface area contributed by atoms with Gasteiger partial charge >= 0.3 is 0 Å². The number of thioether (sulfide) groups is 1. The van der Waals surface area contributed by atoms with Gasteiger partial charge in [0.15, 0.2) is 0 Å². The van der Waals surface area contributed by atoms with Crippen molar-refractivity contribution in [2.45, 2.75) is 43.9 Å². The van der Waals surface area contributed by atoms with Gasteiger partial charge in [0.25, 0.3) is 0 Å². The lowest BCUT2D eigenvalue weighted by molar-refractivity contribution is -0.116. The van der Waals surface area contributed by atoms with E-state index in [2.05, 4.69) is 50.4 Å². The van der Waals surface area contributed by atoms with Crippen LogP contribution in [0.2, 0.25) is 0 Å². The van der Waals surface area contributed by atoms with Gasteiger partial charge in [0, 0.05) is 17.0 Å². The third-order valence-corrected chi connectivity index (χ3v) is 4.54. The highest BCUT2D eigenvalue weighted by atomic mass is 32.2. The highest BCUT2D eigenvalue weighted by Crippen LogP contribution is 2.23. The van der Waals surface area contributed by atoms with Gasteiger partial charge in [-0.1, -0.05) is 51.1 Å². The van der Waals surface area contributed by atoms with E-state index in [1.807, 2.05) is 30.5 Å². The molecule has 0 saturated carbocycles. The molecule has 122 valence electrons. The molecule has 23 heavy (non-hydrogen) atoms. The van der Waals surface area contributed by atoms with Crippen molar-refractivity contribution in [2.75, 3.05) is 11.6 Å². The molecule has 1 amide bonds. The Morgan fingerprint density at radius 2 is 1.78 bits per heavy atom. The Morgan fingerprint density at radius 1 is 1.09 bits per heavy atom. The third-order valence-electron chi connectivity index (χ3n) is 3.81. The Kier molecular flexibility index (Phi) is 5.89. The largest absolute Gasteiger partial charge is 0.326 e. The number of carbonyl (C=O) groups is 1. The molecule has 0 spiro atoms. The van der Waals surface area contributed by atoms with Crippen LogP contribution in [0, 0.1) is 0 Å². The first-order valence-corrected chi connectivity index (χ1v) is 9.14. The predicted octanol–water partition coefficient (Wildman–Crippen LogP) is 5.28. The molecule has 0 aliphatic carbocycles. The Balaban J connectivity index is 1.89. The zero-order valence-electron chi connectivity index (χ0n) is 14.3. The van der Waals surface area contributed by atoms with Crippen LogP contribution in [0.1, 0.15) is 38.3 Å². The summed E-state index contributed by atoms with van der Waals surface area (Å²) in [6.45, 7) is 6.62. The van der Waals surface area contributed by atoms with Crippen LogP contribution < -0.4 is 5.32 Å². The van der Waals surface area contributed by atoms with Crippen molar-refractivity contribution in [3.05, 3.63) is 59.7 Å². The number of amides is 1. The summed E-state index contributed by atoms with van der Waals surface area (Å²) in [5, 5.41) is 2.97. The van der Waals surface area contributed by atoms with Gasteiger partial charge in [-0.2, -0.15) is 0 Å². The topological polar surface area (TPSA) is 29.1 Å². The number of nitrogens with one attached hydrogen (secondary N) is 1. The predicted molar refractivity (Wildman–Crippen MR) is 100 cm³/mol. The molecule has 0 bridgehead atoms. The molecule has 0 aliphatic heterocycles. The zero-order valence-corrected chi connectivity index (χ0v) is 15.2. The maximum absolute atomic E-state index is 12.1. The second-order valence-corrected chi connectivity index (χ2v) is 7.61. The molecule has 0 aromatic heterocycles. The SMILES string of the molecule is CSc1cccc(NC(=O)CCc2ccc(C(C)(C)C)cc2)c1. The number of rotatable bonds is 5. The molecule has 2 nitrogen and oxygen atoms in total. The van der Waals surface area contributed by atoms with E-state index in [0.717, 1.165) is 17.0 Å². The van der Waals surface area contributed by atoms with Crippen LogP contribution in [0.15, 0.2) is 53.4 Å². The first-order chi connectivity index (χ1) is 10.9. The summed E-state index contributed by atoms with van der Waals surface area (Å²) in [6, 6.07) is 16.5. The lowest BCUT2D eigenvalue weighted by Crippen LogP contribution is -2.13. The van der Waals surface area contributed by atoms with Crippen molar-refractivity contribution in [3.8, 4) is 0 Å². The molecule has 1 N–H and O–H groups in total. The Hall–Kier alpha value is -1.74. The van der Waals surface area contributed by atoms with E-state index in [4.69, 9.17) is 0 Å². The van der Waals surface area contributed by atoms with Crippen LogP contribution in [0.5, 0.6) is 0 Å². The highest BCUT2D eigenvalue weighted by molar-refractivity contribution is 7.98. The van der Waals surface area contributed by atoms with Crippen molar-refractivity contribution < 1.29 is 4.79 Å². The summed E-state index contributed by atoms with van der Waals surface area (Å²) < 4.78 is 0. The monoisotopic (exact) mass is 327 g/mol. The van der Waals surface area contributed by atoms with E-state index in [1.165, 1.54) is 11.1 Å². The van der Waals surface area contributed by atoms with Gasteiger partial charge in [0.2, 0.25) is 5.91 Å². The molecule has 0 atom stereocenters. The lowest BCUT2D eigenvalue weighted by Gasteiger charge is -2.19. The minimum atomic E-state index is 0.0585. The van der Waals surface area contributed by atoms with Gasteiger partial charge < -0.3 is 5.32 Å². The quantitative estimate of drug-likeness (QED) is 0.757. The van der Waals surface area contributed by atoms with Gasteiger partial charge in [-0.25, -0.2) is 0 Å². The van der Waals surface area contributed by atoms with Gasteiger partial charge in [-0.15, -0.1) is 11.8 Å². The van der Waals surface area contributed by atoms with Crippen LogP contribution in [0.25, 0.3) is 0 Å². The van der Waals surface area contributed by atoms with E-state index >= 15 is 0 Å². The summed E-state index contributed by atoms with van der Waals surface area (Å²) in [5.74, 6) is 0.0585. The molecule has 2 aromatic rings. The number of benzene rings is 2. The molecule has 0 aliphatic rings. The van der Waals surface area contributed by atoms with E-state index in [1.54, 1.807) is 11.8 Å². The van der Waals surface area contributed by atoms with E-state index in [9.17, 15) is 4.79 Å². The summed E-state index contributed by atoms with van der Waals surface area (Å²) in [6.07, 6.45) is 3.29. The van der Waals surface area contributed by atoms with Crippen molar-refractivity contribution in [3.63, 3.8) is 0 Å². The normalized spacial score (nSPS) is 11.3. The minimum Gasteiger partial charge on any atom is -0.326 e. The molecule has 0 heterocycles. The Labute approximate surface area is 143 Å². The van der Waals surface area contributed by atoms with Gasteiger partial charge in [-0.3, -0.25) is 4.79 Å². The highest BCUT2D eigenvalue weighted by Gasteiger charge is 2.13. The Bertz CT molecular complexity index is 656. The minimum absolute atomic E-state index is 0.0585. The maximum atomic E-state index is 12.1. The number of carbonyl (C=O) groups excluding carboxylic acids is 1. The van der Waals surface area contributed by atoms with E-state index in [-0.39, 0.29) is 11.3 Å². The second-order valence-electron chi connectivity index (χ2n) is 6.73.